The van der Waals surface area contributed by atoms with E-state index in [1.165, 1.54) is 0 Å². The number of hydrogen-bond acceptors (Lipinski definition) is 4. The molecule has 4 heteroatoms. The van der Waals surface area contributed by atoms with Gasteiger partial charge in [0.1, 0.15) is 0 Å². The van der Waals surface area contributed by atoms with Crippen molar-refractivity contribution in [3.63, 3.8) is 0 Å². The van der Waals surface area contributed by atoms with Gasteiger partial charge in [0.15, 0.2) is 0 Å². The molecule has 0 fully saturated rings. The molecule has 0 atom stereocenters. The average Bonchev–Trinajstić information content (AvgIpc) is 2.63. The van der Waals surface area contributed by atoms with Gasteiger partial charge in [-0.1, -0.05) is 0 Å². The molecule has 0 bridgehead atoms. The summed E-state index contributed by atoms with van der Waals surface area (Å²) >= 11 is 0. The lowest BCUT2D eigenvalue weighted by Crippen LogP contribution is -2.20. The lowest BCUT2D eigenvalue weighted by atomic mass is 10.3. The van der Waals surface area contributed by atoms with Gasteiger partial charge >= 0.3 is 0 Å². The molecule has 1 aromatic rings. The zero-order valence-electron chi connectivity index (χ0n) is 7.66. The van der Waals surface area contributed by atoms with Gasteiger partial charge in [-0.25, -0.2) is 0 Å². The third kappa shape index (κ3) is 4.67. The minimum absolute atomic E-state index is 0.585. The molecule has 0 unspecified atom stereocenters. The van der Waals surface area contributed by atoms with Crippen molar-refractivity contribution in [2.75, 3.05) is 26.3 Å². The lowest BCUT2D eigenvalue weighted by molar-refractivity contribution is 0.143. The Hall–Kier alpha value is -0.840. The van der Waals surface area contributed by atoms with Crippen molar-refractivity contribution in [1.82, 2.24) is 5.32 Å². The molecular formula is C9H16N2O2. The van der Waals surface area contributed by atoms with E-state index in [4.69, 9.17) is 14.9 Å². The molecule has 1 aromatic heterocycles. The van der Waals surface area contributed by atoms with Crippen molar-refractivity contribution in [1.29, 1.82) is 0 Å². The fourth-order valence-corrected chi connectivity index (χ4v) is 0.956. The highest BCUT2D eigenvalue weighted by Crippen LogP contribution is 1.97. The Morgan fingerprint density at radius 1 is 1.46 bits per heavy atom. The van der Waals surface area contributed by atoms with E-state index >= 15 is 0 Å². The number of rotatable bonds is 7. The smallest absolute Gasteiger partial charge is 0.0947 e. The van der Waals surface area contributed by atoms with Crippen LogP contribution < -0.4 is 11.1 Å². The molecule has 0 saturated heterocycles. The van der Waals surface area contributed by atoms with Crippen molar-refractivity contribution in [2.24, 2.45) is 5.73 Å². The van der Waals surface area contributed by atoms with Crippen LogP contribution in [0.3, 0.4) is 0 Å². The summed E-state index contributed by atoms with van der Waals surface area (Å²) in [5.74, 6) is 0. The molecule has 0 aliphatic rings. The first kappa shape index (κ1) is 10.2. The normalized spacial score (nSPS) is 10.5. The first-order valence-corrected chi connectivity index (χ1v) is 4.43. The predicted molar refractivity (Wildman–Crippen MR) is 50.3 cm³/mol. The summed E-state index contributed by atoms with van der Waals surface area (Å²) in [5.41, 5.74) is 6.41. The molecule has 0 spiro atoms. The molecule has 0 aromatic carbocycles. The van der Waals surface area contributed by atoms with Crippen LogP contribution in [-0.2, 0) is 11.3 Å². The molecule has 0 radical (unpaired) electrons. The second-order valence-corrected chi connectivity index (χ2v) is 2.71. The summed E-state index contributed by atoms with van der Waals surface area (Å²) < 4.78 is 10.1. The van der Waals surface area contributed by atoms with E-state index in [0.29, 0.717) is 19.8 Å². The van der Waals surface area contributed by atoms with Crippen LogP contribution in [0.15, 0.2) is 23.0 Å². The number of furan rings is 1. The highest BCUT2D eigenvalue weighted by atomic mass is 16.5. The summed E-state index contributed by atoms with van der Waals surface area (Å²) in [6.45, 7) is 3.58. The maximum atomic E-state index is 5.26. The van der Waals surface area contributed by atoms with Crippen LogP contribution in [0.4, 0.5) is 0 Å². The van der Waals surface area contributed by atoms with Crippen molar-refractivity contribution in [3.05, 3.63) is 24.2 Å². The minimum atomic E-state index is 0.585. The van der Waals surface area contributed by atoms with Crippen molar-refractivity contribution in [3.8, 4) is 0 Å². The van der Waals surface area contributed by atoms with Crippen LogP contribution in [0.2, 0.25) is 0 Å². The summed E-state index contributed by atoms with van der Waals surface area (Å²) in [4.78, 5) is 0. The van der Waals surface area contributed by atoms with E-state index in [1.807, 2.05) is 6.07 Å². The Morgan fingerprint density at radius 3 is 3.08 bits per heavy atom. The Balaban J connectivity index is 1.90. The van der Waals surface area contributed by atoms with Crippen LogP contribution >= 0.6 is 0 Å². The maximum absolute atomic E-state index is 5.26. The summed E-state index contributed by atoms with van der Waals surface area (Å²) in [5, 5.41) is 3.22. The van der Waals surface area contributed by atoms with Crippen molar-refractivity contribution < 1.29 is 9.15 Å². The van der Waals surface area contributed by atoms with Gasteiger partial charge in [-0.05, 0) is 6.07 Å². The Kier molecular flexibility index (Phi) is 5.24. The number of ether oxygens (including phenoxy) is 1. The average molecular weight is 184 g/mol. The maximum Gasteiger partial charge on any atom is 0.0947 e. The van der Waals surface area contributed by atoms with Crippen LogP contribution in [0.5, 0.6) is 0 Å². The zero-order valence-corrected chi connectivity index (χ0v) is 7.66. The topological polar surface area (TPSA) is 60.4 Å². The van der Waals surface area contributed by atoms with Crippen molar-refractivity contribution in [2.45, 2.75) is 6.54 Å². The summed E-state index contributed by atoms with van der Waals surface area (Å²) in [6, 6.07) is 1.94. The second kappa shape index (κ2) is 6.65. The monoisotopic (exact) mass is 184 g/mol. The molecule has 0 aliphatic carbocycles. The van der Waals surface area contributed by atoms with E-state index in [9.17, 15) is 0 Å². The third-order valence-corrected chi connectivity index (χ3v) is 1.59. The van der Waals surface area contributed by atoms with E-state index < -0.39 is 0 Å². The molecule has 1 heterocycles. The van der Waals surface area contributed by atoms with E-state index in [2.05, 4.69) is 5.32 Å². The molecule has 4 nitrogen and oxygen atoms in total. The minimum Gasteiger partial charge on any atom is -0.472 e. The number of nitrogens with two attached hydrogens (primary N) is 1. The van der Waals surface area contributed by atoms with Crippen LogP contribution in [0, 0.1) is 0 Å². The molecule has 74 valence electrons. The summed E-state index contributed by atoms with van der Waals surface area (Å²) in [6.07, 6.45) is 3.40. The molecule has 13 heavy (non-hydrogen) atoms. The first-order chi connectivity index (χ1) is 6.43. The fourth-order valence-electron chi connectivity index (χ4n) is 0.956. The van der Waals surface area contributed by atoms with Crippen LogP contribution in [-0.4, -0.2) is 26.3 Å². The summed E-state index contributed by atoms with van der Waals surface area (Å²) in [7, 11) is 0. The fraction of sp³-hybridized carbons (Fsp3) is 0.556. The highest BCUT2D eigenvalue weighted by Gasteiger charge is 1.92. The van der Waals surface area contributed by atoms with E-state index in [0.717, 1.165) is 18.7 Å². The van der Waals surface area contributed by atoms with Crippen LogP contribution in [0.25, 0.3) is 0 Å². The zero-order chi connectivity index (χ0) is 9.36. The van der Waals surface area contributed by atoms with Gasteiger partial charge in [0.05, 0.1) is 25.7 Å². The number of hydrogen-bond donors (Lipinski definition) is 2. The Labute approximate surface area is 78.1 Å². The molecule has 0 aliphatic heterocycles. The highest BCUT2D eigenvalue weighted by molar-refractivity contribution is 5.04. The molecule has 1 rings (SSSR count). The number of nitrogens with one attached hydrogen (secondary N) is 1. The van der Waals surface area contributed by atoms with Gasteiger partial charge < -0.3 is 20.2 Å². The van der Waals surface area contributed by atoms with Gasteiger partial charge in [0, 0.05) is 25.2 Å². The SMILES string of the molecule is NCCOCCNCc1ccoc1. The van der Waals surface area contributed by atoms with Gasteiger partial charge in [0.2, 0.25) is 0 Å². The van der Waals surface area contributed by atoms with Crippen molar-refractivity contribution >= 4 is 0 Å². The van der Waals surface area contributed by atoms with Gasteiger partial charge in [-0.2, -0.15) is 0 Å². The Bertz CT molecular complexity index is 199. The molecular weight excluding hydrogens is 168 g/mol. The standard InChI is InChI=1S/C9H16N2O2/c10-2-5-12-6-3-11-7-9-1-4-13-8-9/h1,4,8,11H,2-3,5-7,10H2. The second-order valence-electron chi connectivity index (χ2n) is 2.71. The van der Waals surface area contributed by atoms with Gasteiger partial charge in [-0.15, -0.1) is 0 Å². The Morgan fingerprint density at radius 2 is 2.38 bits per heavy atom. The van der Waals surface area contributed by atoms with E-state index in [1.54, 1.807) is 12.5 Å². The van der Waals surface area contributed by atoms with Gasteiger partial charge in [-0.3, -0.25) is 0 Å². The predicted octanol–water partition coefficient (Wildman–Crippen LogP) is 0.345. The van der Waals surface area contributed by atoms with Gasteiger partial charge in [0.25, 0.3) is 0 Å². The van der Waals surface area contributed by atoms with E-state index in [-0.39, 0.29) is 0 Å². The molecule has 0 amide bonds. The quantitative estimate of drug-likeness (QED) is 0.600. The third-order valence-electron chi connectivity index (χ3n) is 1.59. The molecule has 0 saturated carbocycles. The first-order valence-electron chi connectivity index (χ1n) is 4.43. The molecule has 3 N–H and O–H groups in total. The largest absolute Gasteiger partial charge is 0.472 e. The van der Waals surface area contributed by atoms with Crippen LogP contribution in [0.1, 0.15) is 5.56 Å². The lowest BCUT2D eigenvalue weighted by Gasteiger charge is -2.03.